The third kappa shape index (κ3) is 5.10. The number of halogens is 2. The second-order valence-corrected chi connectivity index (χ2v) is 11.0. The molecule has 1 spiro atoms. The van der Waals surface area contributed by atoms with Gasteiger partial charge in [-0.3, -0.25) is 19.7 Å². The van der Waals surface area contributed by atoms with Gasteiger partial charge < -0.3 is 20.4 Å². The monoisotopic (exact) mass is 539 g/mol. The number of piperidine rings is 1. The van der Waals surface area contributed by atoms with Crippen LogP contribution in [0, 0.1) is 17.0 Å². The number of carbonyl (C=O) groups is 4. The first kappa shape index (κ1) is 26.7. The molecule has 2 aromatic rings. The van der Waals surface area contributed by atoms with Gasteiger partial charge in [0, 0.05) is 43.6 Å². The minimum atomic E-state index is -0.976. The van der Waals surface area contributed by atoms with Crippen molar-refractivity contribution in [3.63, 3.8) is 0 Å². The molecule has 9 nitrogen and oxygen atoms in total. The van der Waals surface area contributed by atoms with E-state index in [1.807, 2.05) is 13.0 Å². The number of rotatable bonds is 6. The Labute approximate surface area is 224 Å². The Bertz CT molecular complexity index is 1340. The lowest BCUT2D eigenvalue weighted by molar-refractivity contribution is -0.145. The molecule has 0 unspecified atom stereocenters. The van der Waals surface area contributed by atoms with E-state index in [-0.39, 0.29) is 30.5 Å². The fraction of sp³-hybridized carbons (Fsp3) is 0.429. The number of nitrogens with zero attached hydrogens (tertiary/aromatic N) is 2. The molecule has 5 amide bonds. The predicted octanol–water partition coefficient (Wildman–Crippen LogP) is 2.34. The van der Waals surface area contributed by atoms with Gasteiger partial charge in [0.05, 0.1) is 0 Å². The lowest BCUT2D eigenvalue weighted by atomic mass is 9.79. The Morgan fingerprint density at radius 1 is 1.03 bits per heavy atom. The van der Waals surface area contributed by atoms with E-state index in [1.165, 1.54) is 9.80 Å². The Morgan fingerprint density at radius 2 is 1.69 bits per heavy atom. The van der Waals surface area contributed by atoms with E-state index in [9.17, 15) is 28.0 Å². The van der Waals surface area contributed by atoms with E-state index in [2.05, 4.69) is 16.0 Å². The van der Waals surface area contributed by atoms with E-state index < -0.39 is 34.5 Å². The number of hydrogen-bond acceptors (Lipinski definition) is 5. The van der Waals surface area contributed by atoms with E-state index in [0.717, 1.165) is 29.3 Å². The van der Waals surface area contributed by atoms with Crippen LogP contribution < -0.4 is 16.0 Å². The number of urea groups is 1. The van der Waals surface area contributed by atoms with Gasteiger partial charge in [-0.25, -0.2) is 13.6 Å². The molecule has 0 bridgehead atoms. The van der Waals surface area contributed by atoms with Gasteiger partial charge in [0.2, 0.25) is 11.8 Å². The first-order valence-corrected chi connectivity index (χ1v) is 13.0. The van der Waals surface area contributed by atoms with E-state index in [4.69, 9.17) is 0 Å². The molecule has 5 rings (SSSR count). The highest BCUT2D eigenvalue weighted by molar-refractivity contribution is 6.07. The quantitative estimate of drug-likeness (QED) is 0.488. The summed E-state index contributed by atoms with van der Waals surface area (Å²) in [6.07, 6.45) is 1.87. The summed E-state index contributed by atoms with van der Waals surface area (Å²) in [6, 6.07) is 7.94. The highest BCUT2D eigenvalue weighted by atomic mass is 19.1. The molecule has 11 heteroatoms. The van der Waals surface area contributed by atoms with Crippen molar-refractivity contribution in [2.75, 3.05) is 32.0 Å². The van der Waals surface area contributed by atoms with Crippen molar-refractivity contribution < 1.29 is 28.0 Å². The maximum atomic E-state index is 13.9. The maximum absolute atomic E-state index is 13.9. The number of imide groups is 1. The van der Waals surface area contributed by atoms with Crippen LogP contribution in [0.15, 0.2) is 36.4 Å². The third-order valence-corrected chi connectivity index (χ3v) is 8.19. The van der Waals surface area contributed by atoms with Crippen molar-refractivity contribution in [1.29, 1.82) is 0 Å². The molecule has 0 aromatic heterocycles. The molecule has 2 saturated heterocycles. The minimum absolute atomic E-state index is 0.119. The van der Waals surface area contributed by atoms with Crippen LogP contribution in [0.4, 0.5) is 19.3 Å². The highest BCUT2D eigenvalue weighted by Gasteiger charge is 2.54. The fourth-order valence-electron chi connectivity index (χ4n) is 5.85. The second-order valence-electron chi connectivity index (χ2n) is 11.0. The summed E-state index contributed by atoms with van der Waals surface area (Å²) in [7, 11) is 1.59. The van der Waals surface area contributed by atoms with Gasteiger partial charge in [0.25, 0.3) is 5.91 Å². The molecular weight excluding hydrogens is 508 g/mol. The van der Waals surface area contributed by atoms with Crippen LogP contribution in [-0.4, -0.2) is 65.8 Å². The first-order valence-electron chi connectivity index (χ1n) is 13.0. The molecule has 1 aliphatic carbocycles. The Morgan fingerprint density at radius 3 is 2.33 bits per heavy atom. The summed E-state index contributed by atoms with van der Waals surface area (Å²) < 4.78 is 27.7. The first-order chi connectivity index (χ1) is 18.5. The zero-order chi connectivity index (χ0) is 27.9. The van der Waals surface area contributed by atoms with Crippen LogP contribution in [0.2, 0.25) is 0 Å². The average molecular weight is 540 g/mol. The molecule has 1 atom stereocenters. The second kappa shape index (κ2) is 10.0. The highest BCUT2D eigenvalue weighted by Crippen LogP contribution is 2.38. The van der Waals surface area contributed by atoms with Crippen molar-refractivity contribution >= 4 is 29.4 Å². The molecule has 0 saturated carbocycles. The van der Waals surface area contributed by atoms with Gasteiger partial charge in [0.15, 0.2) is 0 Å². The van der Waals surface area contributed by atoms with Gasteiger partial charge in [-0.2, -0.15) is 0 Å². The van der Waals surface area contributed by atoms with Gasteiger partial charge >= 0.3 is 6.03 Å². The smallest absolute Gasteiger partial charge is 0.324 e. The van der Waals surface area contributed by atoms with E-state index in [1.54, 1.807) is 19.2 Å². The van der Waals surface area contributed by atoms with Crippen LogP contribution >= 0.6 is 0 Å². The number of likely N-dealkylation sites (N-methyl/N-ethyl adjacent to an activating group) is 1. The maximum Gasteiger partial charge on any atom is 0.324 e. The van der Waals surface area contributed by atoms with Crippen molar-refractivity contribution in [3.05, 3.63) is 64.7 Å². The topological polar surface area (TPSA) is 111 Å². The fourth-order valence-corrected chi connectivity index (χ4v) is 5.85. The number of benzene rings is 2. The molecule has 0 radical (unpaired) electrons. The number of carbonyl (C=O) groups excluding carboxylic acids is 4. The molecule has 206 valence electrons. The summed E-state index contributed by atoms with van der Waals surface area (Å²) in [6.45, 7) is 2.75. The molecule has 2 heterocycles. The predicted molar refractivity (Wildman–Crippen MR) is 138 cm³/mol. The molecule has 2 fully saturated rings. The van der Waals surface area contributed by atoms with Gasteiger partial charge in [-0.15, -0.1) is 0 Å². The molecular formula is C28H31F2N5O4. The summed E-state index contributed by atoms with van der Waals surface area (Å²) in [5.41, 5.74) is 0.812. The van der Waals surface area contributed by atoms with E-state index >= 15 is 0 Å². The van der Waals surface area contributed by atoms with E-state index in [0.29, 0.717) is 44.5 Å². The summed E-state index contributed by atoms with van der Waals surface area (Å²) in [5, 5.41) is 8.40. The molecule has 2 aromatic carbocycles. The van der Waals surface area contributed by atoms with Crippen molar-refractivity contribution in [2.24, 2.45) is 5.41 Å². The minimum Gasteiger partial charge on any atom is -0.329 e. The van der Waals surface area contributed by atoms with Crippen molar-refractivity contribution in [3.8, 4) is 0 Å². The number of fused-ring (bicyclic) bond motifs is 1. The van der Waals surface area contributed by atoms with Crippen LogP contribution in [0.5, 0.6) is 0 Å². The summed E-state index contributed by atoms with van der Waals surface area (Å²) in [4.78, 5) is 54.1. The zero-order valence-corrected chi connectivity index (χ0v) is 21.9. The number of amides is 5. The Hall–Kier alpha value is -3.86. The molecule has 3 N–H and O–H groups in total. The molecule has 3 aliphatic rings. The Balaban J connectivity index is 1.33. The van der Waals surface area contributed by atoms with Crippen LogP contribution in [0.1, 0.15) is 36.5 Å². The number of nitrogens with one attached hydrogen (secondary N) is 3. The van der Waals surface area contributed by atoms with Crippen molar-refractivity contribution in [1.82, 2.24) is 20.4 Å². The zero-order valence-electron chi connectivity index (χ0n) is 21.9. The molecule has 39 heavy (non-hydrogen) atoms. The van der Waals surface area contributed by atoms with Gasteiger partial charge in [0.1, 0.15) is 23.7 Å². The Kier molecular flexibility index (Phi) is 6.88. The average Bonchev–Trinajstić information content (AvgIpc) is 3.35. The summed E-state index contributed by atoms with van der Waals surface area (Å²) in [5.74, 6) is -2.56. The lowest BCUT2D eigenvalue weighted by Gasteiger charge is -2.37. The lowest BCUT2D eigenvalue weighted by Crippen LogP contribution is -2.49. The third-order valence-electron chi connectivity index (χ3n) is 8.19. The largest absolute Gasteiger partial charge is 0.329 e. The van der Waals surface area contributed by atoms with Crippen LogP contribution in [-0.2, 0) is 33.8 Å². The van der Waals surface area contributed by atoms with Crippen LogP contribution in [0.25, 0.3) is 0 Å². The van der Waals surface area contributed by atoms with Gasteiger partial charge in [-0.1, -0.05) is 13.0 Å². The number of hydrogen-bond donors (Lipinski definition) is 3. The van der Waals surface area contributed by atoms with Crippen LogP contribution in [0.3, 0.4) is 0 Å². The number of anilines is 1. The van der Waals surface area contributed by atoms with Crippen molar-refractivity contribution in [2.45, 2.75) is 44.7 Å². The normalized spacial score (nSPS) is 21.6. The SMILES string of the molecule is CN1C(=O)NC(=O)[C@@]12Cc1ccc(NC(=O)CN(Cc3cc(F)cc(F)c3)C(=O)C3(C)CCNCC3)cc1C2. The standard InChI is InChI=1S/C28H31F2N5O4/c1-27(5-7-31-8-6-27)25(38)35(15-17-9-20(29)12-21(30)10-17)16-23(36)32-22-4-3-18-13-28(14-19(18)11-22)24(37)33-26(39)34(28)2/h3-4,9-12,31H,5-8,13-16H2,1-2H3,(H,32,36)(H,33,37,39)/t28-/m0/s1. The van der Waals surface area contributed by atoms with Gasteiger partial charge in [-0.05, 0) is 66.9 Å². The summed E-state index contributed by atoms with van der Waals surface area (Å²) >= 11 is 0. The molecule has 2 aliphatic heterocycles.